The number of hydroxylamine groups is 1. The van der Waals surface area contributed by atoms with Gasteiger partial charge in [-0.05, 0) is 36.4 Å². The van der Waals surface area contributed by atoms with Crippen molar-refractivity contribution in [3.05, 3.63) is 68.7 Å². The van der Waals surface area contributed by atoms with E-state index in [0.717, 1.165) is 18.2 Å². The van der Waals surface area contributed by atoms with Crippen molar-refractivity contribution >= 4 is 46.2 Å². The Labute approximate surface area is 168 Å². The molecule has 2 aromatic carbocycles. The zero-order chi connectivity index (χ0) is 20.0. The summed E-state index contributed by atoms with van der Waals surface area (Å²) in [6.07, 6.45) is -3.85. The Balaban J connectivity index is 2.14. The molecule has 0 bridgehead atoms. The van der Waals surface area contributed by atoms with Crippen molar-refractivity contribution in [2.75, 3.05) is 12.1 Å². The lowest BCUT2D eigenvalue weighted by atomic mass is 9.91. The third-order valence-corrected chi connectivity index (χ3v) is 4.78. The molecule has 0 aromatic heterocycles. The molecule has 4 nitrogen and oxygen atoms in total. The fourth-order valence-electron chi connectivity index (χ4n) is 2.70. The molecule has 27 heavy (non-hydrogen) atoms. The summed E-state index contributed by atoms with van der Waals surface area (Å²) < 4.78 is 41.9. The Morgan fingerprint density at radius 3 is 2.26 bits per heavy atom. The lowest BCUT2D eigenvalue weighted by Gasteiger charge is -2.28. The molecule has 0 saturated heterocycles. The summed E-state index contributed by atoms with van der Waals surface area (Å²) in [4.78, 5) is 5.04. The van der Waals surface area contributed by atoms with Gasteiger partial charge in [0.25, 0.3) is 0 Å². The van der Waals surface area contributed by atoms with Crippen LogP contribution in [0, 0.1) is 0 Å². The Bertz CT molecular complexity index is 898. The number of alkyl halides is 3. The highest BCUT2D eigenvalue weighted by Gasteiger charge is 2.59. The number of hydrazine groups is 1. The maximum absolute atomic E-state index is 14.0. The normalized spacial score (nSPS) is 19.6. The van der Waals surface area contributed by atoms with E-state index in [1.165, 1.54) is 17.1 Å². The van der Waals surface area contributed by atoms with Crippen LogP contribution in [0.3, 0.4) is 0 Å². The molecule has 0 fully saturated rings. The van der Waals surface area contributed by atoms with E-state index in [2.05, 4.69) is 5.48 Å². The molecular formula is C17H13Cl3F3N3O. The standard InChI is InChI=1S/C17H13Cl3F3N3O/c1-26(24)15-4-9(2-3-13(15)20)14-8-16(27-25-14,17(21,22)23)10-5-11(18)7-12(19)6-10/h2-8,25H,24H2,1H3. The van der Waals surface area contributed by atoms with E-state index in [-0.39, 0.29) is 21.3 Å². The van der Waals surface area contributed by atoms with Crippen LogP contribution in [0.4, 0.5) is 18.9 Å². The summed E-state index contributed by atoms with van der Waals surface area (Å²) in [6.45, 7) is 0. The molecule has 10 heteroatoms. The van der Waals surface area contributed by atoms with Crippen LogP contribution in [0.15, 0.2) is 42.5 Å². The Kier molecular flexibility index (Phi) is 5.26. The van der Waals surface area contributed by atoms with Crippen molar-refractivity contribution in [1.82, 2.24) is 5.48 Å². The minimum atomic E-state index is -4.78. The minimum Gasteiger partial charge on any atom is -0.313 e. The van der Waals surface area contributed by atoms with Gasteiger partial charge in [0.15, 0.2) is 0 Å². The molecule has 3 N–H and O–H groups in total. The summed E-state index contributed by atoms with van der Waals surface area (Å²) in [5.41, 5.74) is 0.283. The number of hydrogen-bond donors (Lipinski definition) is 2. The topological polar surface area (TPSA) is 50.5 Å². The van der Waals surface area contributed by atoms with Crippen molar-refractivity contribution < 1.29 is 18.0 Å². The van der Waals surface area contributed by atoms with Crippen molar-refractivity contribution in [2.24, 2.45) is 5.84 Å². The number of halogens is 6. The Morgan fingerprint density at radius 1 is 1.07 bits per heavy atom. The molecule has 0 aliphatic carbocycles. The van der Waals surface area contributed by atoms with Gasteiger partial charge in [-0.15, -0.1) is 0 Å². The fourth-order valence-corrected chi connectivity index (χ4v) is 3.48. The largest absolute Gasteiger partial charge is 0.428 e. The minimum absolute atomic E-state index is 0.0603. The van der Waals surface area contributed by atoms with Gasteiger partial charge in [-0.3, -0.25) is 10.3 Å². The SMILES string of the molecule is CN(N)c1cc(C2=CC(c3cc(Cl)cc(Cl)c3)(C(F)(F)F)ON2)ccc1Cl. The molecule has 1 aliphatic rings. The molecule has 0 radical (unpaired) electrons. The highest BCUT2D eigenvalue weighted by Crippen LogP contribution is 2.48. The molecule has 1 aliphatic heterocycles. The third kappa shape index (κ3) is 3.70. The van der Waals surface area contributed by atoms with Gasteiger partial charge in [0.1, 0.15) is 0 Å². The first-order valence-corrected chi connectivity index (χ1v) is 8.65. The maximum Gasteiger partial charge on any atom is 0.428 e. The molecule has 1 unspecified atom stereocenters. The monoisotopic (exact) mass is 437 g/mol. The highest BCUT2D eigenvalue weighted by atomic mass is 35.5. The number of hydrogen-bond acceptors (Lipinski definition) is 4. The van der Waals surface area contributed by atoms with E-state index in [1.54, 1.807) is 19.2 Å². The summed E-state index contributed by atoms with van der Waals surface area (Å²) in [5.74, 6) is 5.70. The molecule has 0 spiro atoms. The average Bonchev–Trinajstić information content (AvgIpc) is 3.00. The second-order valence-electron chi connectivity index (χ2n) is 5.93. The summed E-state index contributed by atoms with van der Waals surface area (Å²) in [5, 5.41) is 1.73. The van der Waals surface area contributed by atoms with E-state index >= 15 is 0 Å². The second kappa shape index (κ2) is 7.07. The Hall–Kier alpha value is -1.64. The van der Waals surface area contributed by atoms with Crippen molar-refractivity contribution in [3.63, 3.8) is 0 Å². The Morgan fingerprint density at radius 2 is 1.70 bits per heavy atom. The van der Waals surface area contributed by atoms with Gasteiger partial charge < -0.3 is 5.01 Å². The number of anilines is 1. The number of nitrogens with zero attached hydrogens (tertiary/aromatic N) is 1. The molecular weight excluding hydrogens is 426 g/mol. The first kappa shape index (κ1) is 20.1. The van der Waals surface area contributed by atoms with Crippen LogP contribution in [-0.2, 0) is 10.4 Å². The molecule has 1 heterocycles. The van der Waals surface area contributed by atoms with Crippen molar-refractivity contribution in [3.8, 4) is 0 Å². The van der Waals surface area contributed by atoms with Crippen molar-refractivity contribution in [1.29, 1.82) is 0 Å². The van der Waals surface area contributed by atoms with E-state index in [9.17, 15) is 13.2 Å². The summed E-state index contributed by atoms with van der Waals surface area (Å²) in [6, 6.07) is 8.27. The van der Waals surface area contributed by atoms with Gasteiger partial charge in [-0.1, -0.05) is 40.9 Å². The quantitative estimate of drug-likeness (QED) is 0.505. The smallest absolute Gasteiger partial charge is 0.313 e. The van der Waals surface area contributed by atoms with Crippen molar-refractivity contribution in [2.45, 2.75) is 11.8 Å². The number of nitrogens with one attached hydrogen (secondary N) is 1. The highest BCUT2D eigenvalue weighted by molar-refractivity contribution is 6.34. The molecule has 0 amide bonds. The lowest BCUT2D eigenvalue weighted by molar-refractivity contribution is -0.269. The maximum atomic E-state index is 14.0. The van der Waals surface area contributed by atoms with Gasteiger partial charge in [0.05, 0.1) is 16.4 Å². The van der Waals surface area contributed by atoms with E-state index in [1.807, 2.05) is 0 Å². The van der Waals surface area contributed by atoms with E-state index in [4.69, 9.17) is 45.5 Å². The van der Waals surface area contributed by atoms with E-state index < -0.39 is 11.8 Å². The van der Waals surface area contributed by atoms with Gasteiger partial charge in [-0.2, -0.15) is 13.2 Å². The van der Waals surface area contributed by atoms with Gasteiger partial charge in [-0.25, -0.2) is 5.84 Å². The first-order valence-electron chi connectivity index (χ1n) is 7.52. The molecule has 144 valence electrons. The lowest BCUT2D eigenvalue weighted by Crippen LogP contribution is -2.42. The number of benzene rings is 2. The zero-order valence-corrected chi connectivity index (χ0v) is 16.0. The summed E-state index contributed by atoms with van der Waals surface area (Å²) in [7, 11) is 1.56. The van der Waals surface area contributed by atoms with Gasteiger partial charge in [0.2, 0.25) is 5.60 Å². The van der Waals surface area contributed by atoms with Crippen LogP contribution in [0.5, 0.6) is 0 Å². The van der Waals surface area contributed by atoms with Gasteiger partial charge in [0, 0.05) is 28.2 Å². The predicted molar refractivity (Wildman–Crippen MR) is 100 cm³/mol. The molecule has 3 rings (SSSR count). The fraction of sp³-hybridized carbons (Fsp3) is 0.176. The first-order chi connectivity index (χ1) is 12.5. The summed E-state index contributed by atoms with van der Waals surface area (Å²) >= 11 is 17.8. The van der Waals surface area contributed by atoms with Crippen LogP contribution in [-0.4, -0.2) is 13.2 Å². The van der Waals surface area contributed by atoms with Crippen LogP contribution < -0.4 is 16.3 Å². The van der Waals surface area contributed by atoms with Crippen LogP contribution in [0.25, 0.3) is 5.70 Å². The number of nitrogens with two attached hydrogens (primary N) is 1. The number of rotatable bonds is 3. The predicted octanol–water partition coefficient (Wildman–Crippen LogP) is 5.29. The van der Waals surface area contributed by atoms with Crippen LogP contribution in [0.2, 0.25) is 15.1 Å². The second-order valence-corrected chi connectivity index (χ2v) is 7.21. The van der Waals surface area contributed by atoms with E-state index in [0.29, 0.717) is 16.3 Å². The van der Waals surface area contributed by atoms with Gasteiger partial charge >= 0.3 is 6.18 Å². The third-order valence-electron chi connectivity index (χ3n) is 4.02. The molecule has 0 saturated carbocycles. The molecule has 2 aromatic rings. The molecule has 1 atom stereocenters. The zero-order valence-electron chi connectivity index (χ0n) is 13.7. The average molecular weight is 439 g/mol. The van der Waals surface area contributed by atoms with Crippen LogP contribution >= 0.6 is 34.8 Å². The van der Waals surface area contributed by atoms with Crippen LogP contribution in [0.1, 0.15) is 11.1 Å².